The molecule has 5 heteroatoms. The Morgan fingerprint density at radius 1 is 1.04 bits per heavy atom. The second-order valence-corrected chi connectivity index (χ2v) is 5.51. The summed E-state index contributed by atoms with van der Waals surface area (Å²) in [6.45, 7) is 5.64. The van der Waals surface area contributed by atoms with E-state index in [9.17, 15) is 9.59 Å². The molecule has 2 aromatic carbocycles. The van der Waals surface area contributed by atoms with Crippen molar-refractivity contribution < 1.29 is 19.1 Å². The molecule has 0 aliphatic heterocycles. The number of nitrogens with one attached hydrogen (secondary N) is 1. The van der Waals surface area contributed by atoms with Crippen LogP contribution in [0.25, 0.3) is 0 Å². The number of hydrogen-bond acceptors (Lipinski definition) is 4. The van der Waals surface area contributed by atoms with Crippen LogP contribution in [0, 0.1) is 0 Å². The zero-order chi connectivity index (χ0) is 17.5. The van der Waals surface area contributed by atoms with Crippen molar-refractivity contribution >= 4 is 17.6 Å². The molecule has 1 amide bonds. The summed E-state index contributed by atoms with van der Waals surface area (Å²) >= 11 is 0. The van der Waals surface area contributed by atoms with Gasteiger partial charge in [-0.3, -0.25) is 4.79 Å². The SMILES string of the molecule is CCC(=O)Nc1cccc(OC(=O)c2ccc(OC(C)C)cc2)c1. The first-order chi connectivity index (χ1) is 11.5. The number of esters is 1. The van der Waals surface area contributed by atoms with Crippen LogP contribution in [0.3, 0.4) is 0 Å². The van der Waals surface area contributed by atoms with Crippen molar-refractivity contribution in [1.29, 1.82) is 0 Å². The Bertz CT molecular complexity index is 708. The molecule has 0 aromatic heterocycles. The molecular weight excluding hydrogens is 306 g/mol. The highest BCUT2D eigenvalue weighted by molar-refractivity contribution is 5.92. The molecule has 2 rings (SSSR count). The van der Waals surface area contributed by atoms with Gasteiger partial charge < -0.3 is 14.8 Å². The molecule has 0 radical (unpaired) electrons. The van der Waals surface area contributed by atoms with Crippen molar-refractivity contribution in [3.8, 4) is 11.5 Å². The fraction of sp³-hybridized carbons (Fsp3) is 0.263. The van der Waals surface area contributed by atoms with Gasteiger partial charge in [0, 0.05) is 18.2 Å². The quantitative estimate of drug-likeness (QED) is 0.642. The van der Waals surface area contributed by atoms with Crippen molar-refractivity contribution in [1.82, 2.24) is 0 Å². The second kappa shape index (κ2) is 8.15. The number of hydrogen-bond donors (Lipinski definition) is 1. The molecule has 5 nitrogen and oxygen atoms in total. The number of carbonyl (C=O) groups excluding carboxylic acids is 2. The normalized spacial score (nSPS) is 10.3. The standard InChI is InChI=1S/C19H21NO4/c1-4-18(21)20-15-6-5-7-17(12-15)24-19(22)14-8-10-16(11-9-14)23-13(2)3/h5-13H,4H2,1-3H3,(H,20,21). The van der Waals surface area contributed by atoms with Gasteiger partial charge in [0.15, 0.2) is 0 Å². The first kappa shape index (κ1) is 17.5. The molecule has 0 aliphatic carbocycles. The van der Waals surface area contributed by atoms with Gasteiger partial charge in [0.25, 0.3) is 0 Å². The Hall–Kier alpha value is -2.82. The molecular formula is C19H21NO4. The maximum atomic E-state index is 12.2. The van der Waals surface area contributed by atoms with E-state index in [2.05, 4.69) is 5.32 Å². The van der Waals surface area contributed by atoms with Crippen LogP contribution in [0.2, 0.25) is 0 Å². The van der Waals surface area contributed by atoms with E-state index in [-0.39, 0.29) is 12.0 Å². The molecule has 0 fully saturated rings. The van der Waals surface area contributed by atoms with E-state index in [0.29, 0.717) is 29.2 Å². The van der Waals surface area contributed by atoms with E-state index in [1.165, 1.54) is 0 Å². The highest BCUT2D eigenvalue weighted by Gasteiger charge is 2.10. The van der Waals surface area contributed by atoms with E-state index in [1.54, 1.807) is 55.5 Å². The monoisotopic (exact) mass is 327 g/mol. The molecule has 1 N–H and O–H groups in total. The van der Waals surface area contributed by atoms with Gasteiger partial charge in [0.2, 0.25) is 5.91 Å². The topological polar surface area (TPSA) is 64.6 Å². The highest BCUT2D eigenvalue weighted by atomic mass is 16.5. The average Bonchev–Trinajstić information content (AvgIpc) is 2.55. The third-order valence-corrected chi connectivity index (χ3v) is 3.11. The van der Waals surface area contributed by atoms with Crippen LogP contribution in [0.15, 0.2) is 48.5 Å². The van der Waals surface area contributed by atoms with Gasteiger partial charge in [-0.15, -0.1) is 0 Å². The van der Waals surface area contributed by atoms with Crippen LogP contribution >= 0.6 is 0 Å². The first-order valence-corrected chi connectivity index (χ1v) is 7.86. The fourth-order valence-corrected chi connectivity index (χ4v) is 1.99. The predicted molar refractivity (Wildman–Crippen MR) is 92.5 cm³/mol. The maximum Gasteiger partial charge on any atom is 0.343 e. The molecule has 0 saturated heterocycles. The summed E-state index contributed by atoms with van der Waals surface area (Å²) in [7, 11) is 0. The van der Waals surface area contributed by atoms with Gasteiger partial charge in [-0.05, 0) is 50.2 Å². The second-order valence-electron chi connectivity index (χ2n) is 5.51. The van der Waals surface area contributed by atoms with E-state index >= 15 is 0 Å². The van der Waals surface area contributed by atoms with Gasteiger partial charge in [0.1, 0.15) is 11.5 Å². The van der Waals surface area contributed by atoms with Crippen LogP contribution in [0.5, 0.6) is 11.5 Å². The van der Waals surface area contributed by atoms with E-state index in [0.717, 1.165) is 0 Å². The number of carbonyl (C=O) groups is 2. The zero-order valence-electron chi connectivity index (χ0n) is 14.0. The lowest BCUT2D eigenvalue weighted by atomic mass is 10.2. The number of amides is 1. The summed E-state index contributed by atoms with van der Waals surface area (Å²) in [6.07, 6.45) is 0.457. The highest BCUT2D eigenvalue weighted by Crippen LogP contribution is 2.20. The molecule has 0 atom stereocenters. The Balaban J connectivity index is 2.03. The number of anilines is 1. The lowest BCUT2D eigenvalue weighted by Gasteiger charge is -2.10. The summed E-state index contributed by atoms with van der Waals surface area (Å²) in [5.74, 6) is 0.506. The summed E-state index contributed by atoms with van der Waals surface area (Å²) in [6, 6.07) is 13.5. The molecule has 0 aliphatic rings. The van der Waals surface area contributed by atoms with E-state index < -0.39 is 5.97 Å². The van der Waals surface area contributed by atoms with Crippen LogP contribution in [0.4, 0.5) is 5.69 Å². The first-order valence-electron chi connectivity index (χ1n) is 7.86. The van der Waals surface area contributed by atoms with Gasteiger partial charge in [-0.25, -0.2) is 4.79 Å². The van der Waals surface area contributed by atoms with Gasteiger partial charge >= 0.3 is 5.97 Å². The zero-order valence-corrected chi connectivity index (χ0v) is 14.0. The summed E-state index contributed by atoms with van der Waals surface area (Å²) in [4.78, 5) is 23.6. The van der Waals surface area contributed by atoms with Crippen LogP contribution in [-0.2, 0) is 4.79 Å². The molecule has 0 spiro atoms. The van der Waals surface area contributed by atoms with Crippen molar-refractivity contribution in [3.63, 3.8) is 0 Å². The number of rotatable bonds is 6. The number of benzene rings is 2. The van der Waals surface area contributed by atoms with Gasteiger partial charge in [0.05, 0.1) is 11.7 Å². The van der Waals surface area contributed by atoms with Crippen LogP contribution in [0.1, 0.15) is 37.6 Å². The molecule has 0 unspecified atom stereocenters. The molecule has 0 heterocycles. The van der Waals surface area contributed by atoms with Crippen LogP contribution < -0.4 is 14.8 Å². The molecule has 0 saturated carbocycles. The summed E-state index contributed by atoms with van der Waals surface area (Å²) in [5.41, 5.74) is 1.02. The van der Waals surface area contributed by atoms with E-state index in [4.69, 9.17) is 9.47 Å². The third kappa shape index (κ3) is 5.12. The lowest BCUT2D eigenvalue weighted by Crippen LogP contribution is -2.11. The van der Waals surface area contributed by atoms with Gasteiger partial charge in [-0.2, -0.15) is 0 Å². The molecule has 126 valence electrons. The minimum atomic E-state index is -0.468. The minimum absolute atomic E-state index is 0.0730. The Kier molecular flexibility index (Phi) is 5.95. The molecule has 24 heavy (non-hydrogen) atoms. The van der Waals surface area contributed by atoms with E-state index in [1.807, 2.05) is 13.8 Å². The number of ether oxygens (including phenoxy) is 2. The molecule has 0 bridgehead atoms. The van der Waals surface area contributed by atoms with Gasteiger partial charge in [-0.1, -0.05) is 13.0 Å². The fourth-order valence-electron chi connectivity index (χ4n) is 1.99. The largest absolute Gasteiger partial charge is 0.491 e. The van der Waals surface area contributed by atoms with Crippen molar-refractivity contribution in [3.05, 3.63) is 54.1 Å². The lowest BCUT2D eigenvalue weighted by molar-refractivity contribution is -0.115. The van der Waals surface area contributed by atoms with Crippen molar-refractivity contribution in [2.45, 2.75) is 33.3 Å². The maximum absolute atomic E-state index is 12.2. The minimum Gasteiger partial charge on any atom is -0.491 e. The summed E-state index contributed by atoms with van der Waals surface area (Å²) < 4.78 is 10.9. The third-order valence-electron chi connectivity index (χ3n) is 3.11. The Labute approximate surface area is 141 Å². The van der Waals surface area contributed by atoms with Crippen LogP contribution in [-0.4, -0.2) is 18.0 Å². The van der Waals surface area contributed by atoms with Crippen molar-refractivity contribution in [2.75, 3.05) is 5.32 Å². The Morgan fingerprint density at radius 3 is 2.38 bits per heavy atom. The smallest absolute Gasteiger partial charge is 0.343 e. The average molecular weight is 327 g/mol. The molecule has 2 aromatic rings. The predicted octanol–water partition coefficient (Wildman–Crippen LogP) is 4.04. The summed E-state index contributed by atoms with van der Waals surface area (Å²) in [5, 5.41) is 2.72. The Morgan fingerprint density at radius 2 is 1.75 bits per heavy atom. The van der Waals surface area contributed by atoms with Crippen molar-refractivity contribution in [2.24, 2.45) is 0 Å².